The van der Waals surface area contributed by atoms with Gasteiger partial charge in [0.05, 0.1) is 0 Å². The van der Waals surface area contributed by atoms with Crippen molar-refractivity contribution in [3.05, 3.63) is 29.8 Å². The van der Waals surface area contributed by atoms with Gasteiger partial charge in [-0.15, -0.1) is 0 Å². The van der Waals surface area contributed by atoms with Crippen molar-refractivity contribution >= 4 is 17.5 Å². The predicted molar refractivity (Wildman–Crippen MR) is 95.1 cm³/mol. The summed E-state index contributed by atoms with van der Waals surface area (Å²) in [6, 6.07) is 7.58. The van der Waals surface area contributed by atoms with Crippen molar-refractivity contribution in [2.24, 2.45) is 10.8 Å². The number of amides is 2. The summed E-state index contributed by atoms with van der Waals surface area (Å²) in [5.74, 6) is 0.0730. The molecule has 128 valence electrons. The van der Waals surface area contributed by atoms with Crippen LogP contribution in [0.5, 0.6) is 0 Å². The second-order valence-electron chi connectivity index (χ2n) is 8.50. The Kier molecular flexibility index (Phi) is 6.37. The van der Waals surface area contributed by atoms with Gasteiger partial charge < -0.3 is 10.6 Å². The van der Waals surface area contributed by atoms with E-state index >= 15 is 0 Å². The standard InChI is InChI=1S/C19H30N2O2/c1-18(2,3)11-16(22)20-13-14-7-9-15(10-8-14)21-17(23)12-19(4,5)6/h7-10H,11-13H2,1-6H3,(H,20,22)(H,21,23). The van der Waals surface area contributed by atoms with Gasteiger partial charge in [-0.05, 0) is 28.5 Å². The van der Waals surface area contributed by atoms with Gasteiger partial charge in [0, 0.05) is 25.1 Å². The second-order valence-corrected chi connectivity index (χ2v) is 8.50. The first-order chi connectivity index (χ1) is 10.4. The molecule has 2 amide bonds. The van der Waals surface area contributed by atoms with Gasteiger partial charge in [-0.1, -0.05) is 53.7 Å². The summed E-state index contributed by atoms with van der Waals surface area (Å²) in [6.07, 6.45) is 0.992. The summed E-state index contributed by atoms with van der Waals surface area (Å²) in [4.78, 5) is 23.7. The third-order valence-electron chi connectivity index (χ3n) is 3.11. The lowest BCUT2D eigenvalue weighted by Crippen LogP contribution is -2.27. The van der Waals surface area contributed by atoms with Crippen LogP contribution < -0.4 is 10.6 Å². The molecule has 0 heterocycles. The summed E-state index contributed by atoms with van der Waals surface area (Å²) in [7, 11) is 0. The van der Waals surface area contributed by atoms with Gasteiger partial charge in [0.15, 0.2) is 0 Å². The average Bonchev–Trinajstić information content (AvgIpc) is 2.33. The molecule has 0 saturated carbocycles. The summed E-state index contributed by atoms with van der Waals surface area (Å²) in [5.41, 5.74) is 1.76. The van der Waals surface area contributed by atoms with Gasteiger partial charge in [-0.25, -0.2) is 0 Å². The minimum absolute atomic E-state index is 0.00865. The minimum atomic E-state index is -0.0264. The maximum Gasteiger partial charge on any atom is 0.224 e. The summed E-state index contributed by atoms with van der Waals surface area (Å²) < 4.78 is 0. The van der Waals surface area contributed by atoms with Gasteiger partial charge in [0.25, 0.3) is 0 Å². The Bertz CT molecular complexity index is 534. The monoisotopic (exact) mass is 318 g/mol. The fourth-order valence-electron chi connectivity index (χ4n) is 2.14. The van der Waals surface area contributed by atoms with E-state index in [0.29, 0.717) is 19.4 Å². The molecular formula is C19H30N2O2. The molecule has 0 aliphatic rings. The molecule has 1 rings (SSSR count). The number of nitrogens with one attached hydrogen (secondary N) is 2. The first kappa shape index (κ1) is 19.2. The Hall–Kier alpha value is -1.84. The van der Waals surface area contributed by atoms with Crippen LogP contribution in [0.15, 0.2) is 24.3 Å². The van der Waals surface area contributed by atoms with Crippen molar-refractivity contribution in [3.8, 4) is 0 Å². The number of anilines is 1. The number of carbonyl (C=O) groups excluding carboxylic acids is 2. The van der Waals surface area contributed by atoms with Crippen molar-refractivity contribution in [2.45, 2.75) is 60.9 Å². The molecular weight excluding hydrogens is 288 g/mol. The highest BCUT2D eigenvalue weighted by Crippen LogP contribution is 2.20. The molecule has 23 heavy (non-hydrogen) atoms. The molecule has 0 saturated heterocycles. The Labute approximate surface area is 140 Å². The average molecular weight is 318 g/mol. The van der Waals surface area contributed by atoms with E-state index in [4.69, 9.17) is 0 Å². The largest absolute Gasteiger partial charge is 0.352 e. The van der Waals surface area contributed by atoms with Crippen LogP contribution in [0.1, 0.15) is 59.9 Å². The molecule has 0 aliphatic heterocycles. The van der Waals surface area contributed by atoms with Crippen molar-refractivity contribution in [1.82, 2.24) is 5.32 Å². The lowest BCUT2D eigenvalue weighted by Gasteiger charge is -2.18. The molecule has 2 N–H and O–H groups in total. The Morgan fingerprint density at radius 1 is 0.826 bits per heavy atom. The molecule has 0 aromatic heterocycles. The SMILES string of the molecule is CC(C)(C)CC(=O)NCc1ccc(NC(=O)CC(C)(C)C)cc1. The van der Waals surface area contributed by atoms with Gasteiger partial charge in [0.1, 0.15) is 0 Å². The molecule has 0 fully saturated rings. The minimum Gasteiger partial charge on any atom is -0.352 e. The van der Waals surface area contributed by atoms with Crippen LogP contribution in [-0.4, -0.2) is 11.8 Å². The molecule has 0 radical (unpaired) electrons. The highest BCUT2D eigenvalue weighted by Gasteiger charge is 2.16. The van der Waals surface area contributed by atoms with Crippen molar-refractivity contribution in [3.63, 3.8) is 0 Å². The number of carbonyl (C=O) groups is 2. The van der Waals surface area contributed by atoms with Gasteiger partial charge in [-0.2, -0.15) is 0 Å². The maximum atomic E-state index is 11.9. The molecule has 0 unspecified atom stereocenters. The number of rotatable bonds is 5. The predicted octanol–water partition coefficient (Wildman–Crippen LogP) is 4.11. The van der Waals surface area contributed by atoms with E-state index in [0.717, 1.165) is 11.3 Å². The lowest BCUT2D eigenvalue weighted by molar-refractivity contribution is -0.123. The summed E-state index contributed by atoms with van der Waals surface area (Å²) in [5, 5.41) is 5.82. The molecule has 4 heteroatoms. The van der Waals surface area contributed by atoms with E-state index in [1.54, 1.807) is 0 Å². The highest BCUT2D eigenvalue weighted by molar-refractivity contribution is 5.91. The number of benzene rings is 1. The molecule has 4 nitrogen and oxygen atoms in total. The van der Waals surface area contributed by atoms with Crippen LogP contribution in [-0.2, 0) is 16.1 Å². The first-order valence-corrected chi connectivity index (χ1v) is 8.10. The Morgan fingerprint density at radius 2 is 1.30 bits per heavy atom. The fourth-order valence-corrected chi connectivity index (χ4v) is 2.14. The van der Waals surface area contributed by atoms with Crippen LogP contribution in [0.25, 0.3) is 0 Å². The molecule has 0 aliphatic carbocycles. The van der Waals surface area contributed by atoms with E-state index in [2.05, 4.69) is 10.6 Å². The zero-order chi connectivity index (χ0) is 17.7. The zero-order valence-electron chi connectivity index (χ0n) is 15.2. The number of hydrogen-bond acceptors (Lipinski definition) is 2. The smallest absolute Gasteiger partial charge is 0.224 e. The van der Waals surface area contributed by atoms with Crippen LogP contribution >= 0.6 is 0 Å². The zero-order valence-corrected chi connectivity index (χ0v) is 15.2. The maximum absolute atomic E-state index is 11.9. The van der Waals surface area contributed by atoms with Crippen LogP contribution in [0.3, 0.4) is 0 Å². The van der Waals surface area contributed by atoms with Gasteiger partial charge in [-0.3, -0.25) is 9.59 Å². The van der Waals surface area contributed by atoms with Crippen LogP contribution in [0, 0.1) is 10.8 Å². The van der Waals surface area contributed by atoms with E-state index in [1.807, 2.05) is 65.8 Å². The summed E-state index contributed by atoms with van der Waals surface area (Å²) in [6.45, 7) is 12.7. The fraction of sp³-hybridized carbons (Fsp3) is 0.579. The Morgan fingerprint density at radius 3 is 1.78 bits per heavy atom. The van der Waals surface area contributed by atoms with E-state index in [-0.39, 0.29) is 22.6 Å². The third-order valence-corrected chi connectivity index (χ3v) is 3.11. The van der Waals surface area contributed by atoms with Gasteiger partial charge >= 0.3 is 0 Å². The molecule has 0 spiro atoms. The van der Waals surface area contributed by atoms with Gasteiger partial charge in [0.2, 0.25) is 11.8 Å². The van der Waals surface area contributed by atoms with Crippen molar-refractivity contribution < 1.29 is 9.59 Å². The van der Waals surface area contributed by atoms with Crippen molar-refractivity contribution in [1.29, 1.82) is 0 Å². The molecule has 1 aromatic rings. The topological polar surface area (TPSA) is 58.2 Å². The second kappa shape index (κ2) is 7.62. The lowest BCUT2D eigenvalue weighted by atomic mass is 9.92. The highest BCUT2D eigenvalue weighted by atomic mass is 16.2. The molecule has 0 bridgehead atoms. The van der Waals surface area contributed by atoms with Crippen LogP contribution in [0.4, 0.5) is 5.69 Å². The third kappa shape index (κ3) is 9.01. The first-order valence-electron chi connectivity index (χ1n) is 8.10. The van der Waals surface area contributed by atoms with Crippen LogP contribution in [0.2, 0.25) is 0 Å². The summed E-state index contributed by atoms with van der Waals surface area (Å²) >= 11 is 0. The normalized spacial score (nSPS) is 11.9. The van der Waals surface area contributed by atoms with E-state index in [9.17, 15) is 9.59 Å². The van der Waals surface area contributed by atoms with Crippen molar-refractivity contribution in [2.75, 3.05) is 5.32 Å². The number of hydrogen-bond donors (Lipinski definition) is 2. The quantitative estimate of drug-likeness (QED) is 0.858. The molecule has 1 aromatic carbocycles. The van der Waals surface area contributed by atoms with E-state index < -0.39 is 0 Å². The Balaban J connectivity index is 2.48. The molecule has 0 atom stereocenters. The van der Waals surface area contributed by atoms with E-state index in [1.165, 1.54) is 0 Å².